The van der Waals surface area contributed by atoms with Crippen LogP contribution in [0.15, 0.2) is 24.3 Å². The fraction of sp³-hybridized carbons (Fsp3) is 0.529. The fourth-order valence-electron chi connectivity index (χ4n) is 2.35. The van der Waals surface area contributed by atoms with E-state index in [1.807, 2.05) is 31.3 Å². The van der Waals surface area contributed by atoms with Crippen molar-refractivity contribution in [1.82, 2.24) is 10.2 Å². The van der Waals surface area contributed by atoms with Crippen LogP contribution >= 0.6 is 0 Å². The highest BCUT2D eigenvalue weighted by atomic mass is 16.2. The lowest BCUT2D eigenvalue weighted by Gasteiger charge is -2.33. The van der Waals surface area contributed by atoms with E-state index in [4.69, 9.17) is 0 Å². The number of rotatable bonds is 3. The molecule has 23 heavy (non-hydrogen) atoms. The summed E-state index contributed by atoms with van der Waals surface area (Å²) >= 11 is 0. The van der Waals surface area contributed by atoms with Crippen LogP contribution in [0.1, 0.15) is 27.2 Å². The third-order valence-corrected chi connectivity index (χ3v) is 3.65. The normalized spacial score (nSPS) is 15.6. The number of urea groups is 2. The van der Waals surface area contributed by atoms with Crippen LogP contribution in [-0.2, 0) is 0 Å². The lowest BCUT2D eigenvalue weighted by atomic mass is 9.97. The third kappa shape index (κ3) is 4.87. The molecular formula is C17H26N4O2. The van der Waals surface area contributed by atoms with E-state index in [2.05, 4.69) is 31.4 Å². The van der Waals surface area contributed by atoms with Crippen LogP contribution in [0.4, 0.5) is 21.0 Å². The molecule has 1 aliphatic heterocycles. The Bertz CT molecular complexity index is 563. The highest BCUT2D eigenvalue weighted by Crippen LogP contribution is 2.21. The molecule has 2 rings (SSSR count). The molecule has 6 nitrogen and oxygen atoms in total. The van der Waals surface area contributed by atoms with E-state index < -0.39 is 0 Å². The number of anilines is 2. The summed E-state index contributed by atoms with van der Waals surface area (Å²) in [4.78, 5) is 27.5. The minimum atomic E-state index is -0.221. The van der Waals surface area contributed by atoms with Gasteiger partial charge >= 0.3 is 12.1 Å². The number of amides is 4. The van der Waals surface area contributed by atoms with Gasteiger partial charge in [0.05, 0.1) is 0 Å². The predicted molar refractivity (Wildman–Crippen MR) is 92.9 cm³/mol. The highest BCUT2D eigenvalue weighted by Gasteiger charge is 2.23. The zero-order valence-corrected chi connectivity index (χ0v) is 14.3. The highest BCUT2D eigenvalue weighted by molar-refractivity contribution is 5.93. The van der Waals surface area contributed by atoms with Crippen molar-refractivity contribution in [2.24, 2.45) is 5.41 Å². The Morgan fingerprint density at radius 3 is 2.43 bits per heavy atom. The van der Waals surface area contributed by atoms with E-state index in [9.17, 15) is 9.59 Å². The molecule has 0 atom stereocenters. The quantitative estimate of drug-likeness (QED) is 0.899. The monoisotopic (exact) mass is 318 g/mol. The largest absolute Gasteiger partial charge is 0.337 e. The van der Waals surface area contributed by atoms with E-state index in [-0.39, 0.29) is 17.5 Å². The van der Waals surface area contributed by atoms with Crippen molar-refractivity contribution in [2.75, 3.05) is 36.9 Å². The van der Waals surface area contributed by atoms with Crippen LogP contribution in [0.5, 0.6) is 0 Å². The standard InChI is InChI=1S/C17H26N4O2/c1-17(2,3)12-18-15(22)19-13-6-8-14(9-7-13)21-11-5-10-20(4)16(21)23/h6-9H,5,10-12H2,1-4H3,(H2,18,19,22). The van der Waals surface area contributed by atoms with E-state index in [1.54, 1.807) is 9.80 Å². The molecule has 0 unspecified atom stereocenters. The van der Waals surface area contributed by atoms with Crippen molar-refractivity contribution in [1.29, 1.82) is 0 Å². The van der Waals surface area contributed by atoms with Crippen LogP contribution in [0.25, 0.3) is 0 Å². The van der Waals surface area contributed by atoms with Crippen molar-refractivity contribution in [2.45, 2.75) is 27.2 Å². The summed E-state index contributed by atoms with van der Waals surface area (Å²) in [6.45, 7) is 8.31. The number of benzene rings is 1. The van der Waals surface area contributed by atoms with Gasteiger partial charge in [-0.25, -0.2) is 9.59 Å². The molecule has 1 fully saturated rings. The Kier molecular flexibility index (Phi) is 5.13. The van der Waals surface area contributed by atoms with Gasteiger partial charge in [-0.05, 0) is 36.1 Å². The second kappa shape index (κ2) is 6.89. The van der Waals surface area contributed by atoms with Crippen LogP contribution in [0.2, 0.25) is 0 Å². The fourth-order valence-corrected chi connectivity index (χ4v) is 2.35. The van der Waals surface area contributed by atoms with Crippen molar-refractivity contribution in [3.8, 4) is 0 Å². The predicted octanol–water partition coefficient (Wildman–Crippen LogP) is 3.12. The van der Waals surface area contributed by atoms with Gasteiger partial charge in [-0.2, -0.15) is 0 Å². The van der Waals surface area contributed by atoms with Gasteiger partial charge in [-0.15, -0.1) is 0 Å². The number of carbonyl (C=O) groups is 2. The minimum Gasteiger partial charge on any atom is -0.337 e. The number of hydrogen-bond acceptors (Lipinski definition) is 2. The van der Waals surface area contributed by atoms with Gasteiger partial charge < -0.3 is 15.5 Å². The molecule has 1 saturated heterocycles. The zero-order chi connectivity index (χ0) is 17.0. The van der Waals surface area contributed by atoms with Crippen molar-refractivity contribution in [3.63, 3.8) is 0 Å². The van der Waals surface area contributed by atoms with Crippen LogP contribution < -0.4 is 15.5 Å². The maximum atomic E-state index is 12.1. The molecule has 0 aromatic heterocycles. The van der Waals surface area contributed by atoms with E-state index in [0.717, 1.165) is 25.2 Å². The molecule has 0 aliphatic carbocycles. The number of hydrogen-bond donors (Lipinski definition) is 2. The molecule has 6 heteroatoms. The van der Waals surface area contributed by atoms with Gasteiger partial charge in [0.1, 0.15) is 0 Å². The van der Waals surface area contributed by atoms with Gasteiger partial charge in [-0.1, -0.05) is 20.8 Å². The van der Waals surface area contributed by atoms with Crippen molar-refractivity contribution >= 4 is 23.4 Å². The van der Waals surface area contributed by atoms with Gasteiger partial charge in [0.2, 0.25) is 0 Å². The van der Waals surface area contributed by atoms with Gasteiger partial charge in [0.25, 0.3) is 0 Å². The Balaban J connectivity index is 1.94. The maximum absolute atomic E-state index is 12.1. The first-order valence-electron chi connectivity index (χ1n) is 7.94. The summed E-state index contributed by atoms with van der Waals surface area (Å²) in [7, 11) is 1.81. The molecule has 0 spiro atoms. The summed E-state index contributed by atoms with van der Waals surface area (Å²) < 4.78 is 0. The Morgan fingerprint density at radius 1 is 1.17 bits per heavy atom. The third-order valence-electron chi connectivity index (χ3n) is 3.65. The summed E-state index contributed by atoms with van der Waals surface area (Å²) in [5.74, 6) is 0. The van der Waals surface area contributed by atoms with E-state index in [0.29, 0.717) is 12.2 Å². The Morgan fingerprint density at radius 2 is 1.83 bits per heavy atom. The molecule has 1 aromatic carbocycles. The van der Waals surface area contributed by atoms with Gasteiger partial charge in [-0.3, -0.25) is 4.90 Å². The number of nitrogens with one attached hydrogen (secondary N) is 2. The molecule has 126 valence electrons. The second-order valence-corrected chi connectivity index (χ2v) is 7.12. The molecular weight excluding hydrogens is 292 g/mol. The molecule has 1 aromatic rings. The Hall–Kier alpha value is -2.24. The van der Waals surface area contributed by atoms with Gasteiger partial charge in [0.15, 0.2) is 0 Å². The summed E-state index contributed by atoms with van der Waals surface area (Å²) in [5.41, 5.74) is 1.60. The lowest BCUT2D eigenvalue weighted by Crippen LogP contribution is -2.47. The molecule has 1 heterocycles. The van der Waals surface area contributed by atoms with E-state index >= 15 is 0 Å². The molecule has 0 saturated carbocycles. The minimum absolute atomic E-state index is 0.0138. The number of nitrogens with zero attached hydrogens (tertiary/aromatic N) is 2. The first-order chi connectivity index (χ1) is 10.8. The van der Waals surface area contributed by atoms with Crippen LogP contribution in [0.3, 0.4) is 0 Å². The first-order valence-corrected chi connectivity index (χ1v) is 7.94. The molecule has 4 amide bonds. The number of carbonyl (C=O) groups excluding carboxylic acids is 2. The van der Waals surface area contributed by atoms with Crippen molar-refractivity contribution < 1.29 is 9.59 Å². The molecule has 0 bridgehead atoms. The smallest absolute Gasteiger partial charge is 0.324 e. The average Bonchev–Trinajstić information content (AvgIpc) is 2.48. The summed E-state index contributed by atoms with van der Waals surface area (Å²) in [5, 5.41) is 5.64. The van der Waals surface area contributed by atoms with Crippen molar-refractivity contribution in [3.05, 3.63) is 24.3 Å². The van der Waals surface area contributed by atoms with Gasteiger partial charge in [0, 0.05) is 38.1 Å². The molecule has 1 aliphatic rings. The molecule has 0 radical (unpaired) electrons. The summed E-state index contributed by atoms with van der Waals surface area (Å²) in [6.07, 6.45) is 0.956. The average molecular weight is 318 g/mol. The van der Waals surface area contributed by atoms with E-state index in [1.165, 1.54) is 0 Å². The first kappa shape index (κ1) is 17.1. The van der Waals surface area contributed by atoms with Crippen LogP contribution in [-0.4, -0.2) is 43.6 Å². The summed E-state index contributed by atoms with van der Waals surface area (Å²) in [6, 6.07) is 7.13. The topological polar surface area (TPSA) is 64.7 Å². The Labute approximate surface area is 137 Å². The molecule has 2 N–H and O–H groups in total. The second-order valence-electron chi connectivity index (χ2n) is 7.12. The zero-order valence-electron chi connectivity index (χ0n) is 14.3. The lowest BCUT2D eigenvalue weighted by molar-refractivity contribution is 0.207. The maximum Gasteiger partial charge on any atom is 0.324 e. The van der Waals surface area contributed by atoms with Crippen LogP contribution in [0, 0.1) is 5.41 Å². The SMILES string of the molecule is CN1CCCN(c2ccc(NC(=O)NCC(C)(C)C)cc2)C1=O.